The lowest BCUT2D eigenvalue weighted by Gasteiger charge is -2.08. The molecule has 0 spiro atoms. The van der Waals surface area contributed by atoms with Crippen LogP contribution in [0.3, 0.4) is 0 Å². The summed E-state index contributed by atoms with van der Waals surface area (Å²) in [7, 11) is -5.42. The molecule has 0 aliphatic carbocycles. The molecule has 0 bridgehead atoms. The molecule has 0 unspecified atom stereocenters. The third kappa shape index (κ3) is 3.35. The van der Waals surface area contributed by atoms with Gasteiger partial charge in [-0.1, -0.05) is 12.1 Å². The second kappa shape index (κ2) is 5.62. The minimum absolute atomic E-state index is 0.0647. The van der Waals surface area contributed by atoms with Gasteiger partial charge in [0.05, 0.1) is 4.90 Å². The van der Waals surface area contributed by atoms with Gasteiger partial charge in [0.2, 0.25) is 0 Å². The summed E-state index contributed by atoms with van der Waals surface area (Å²) in [4.78, 5) is -0.0647. The smallest absolute Gasteiger partial charge is 0.423 e. The Morgan fingerprint density at radius 1 is 0.950 bits per heavy atom. The highest BCUT2D eigenvalue weighted by Gasteiger charge is 2.15. The number of anilines is 1. The predicted molar refractivity (Wildman–Crippen MR) is 73.5 cm³/mol. The molecule has 20 heavy (non-hydrogen) atoms. The summed E-state index contributed by atoms with van der Waals surface area (Å²) in [5, 5.41) is 17.9. The van der Waals surface area contributed by atoms with Gasteiger partial charge < -0.3 is 10.0 Å². The molecule has 2 aromatic carbocycles. The average Bonchev–Trinajstić information content (AvgIpc) is 2.39. The van der Waals surface area contributed by atoms with Gasteiger partial charge in [-0.25, -0.2) is 12.8 Å². The van der Waals surface area contributed by atoms with Crippen molar-refractivity contribution in [3.05, 3.63) is 54.3 Å². The van der Waals surface area contributed by atoms with Crippen LogP contribution < -0.4 is 10.2 Å². The Morgan fingerprint density at radius 2 is 1.50 bits per heavy atom. The van der Waals surface area contributed by atoms with Crippen LogP contribution in [0.2, 0.25) is 0 Å². The van der Waals surface area contributed by atoms with Gasteiger partial charge in [0.15, 0.2) is 0 Å². The topological polar surface area (TPSA) is 86.6 Å². The van der Waals surface area contributed by atoms with Gasteiger partial charge in [0, 0.05) is 5.69 Å². The maximum atomic E-state index is 12.8. The van der Waals surface area contributed by atoms with Crippen molar-refractivity contribution in [1.82, 2.24) is 0 Å². The molecule has 8 heteroatoms. The van der Waals surface area contributed by atoms with E-state index in [0.717, 1.165) is 24.3 Å². The van der Waals surface area contributed by atoms with Gasteiger partial charge in [0.25, 0.3) is 10.0 Å². The highest BCUT2D eigenvalue weighted by molar-refractivity contribution is 7.92. The first-order chi connectivity index (χ1) is 9.38. The molecule has 0 saturated heterocycles. The van der Waals surface area contributed by atoms with E-state index in [2.05, 4.69) is 4.72 Å². The Balaban J connectivity index is 2.22. The van der Waals surface area contributed by atoms with Crippen LogP contribution in [-0.2, 0) is 10.0 Å². The van der Waals surface area contributed by atoms with Crippen LogP contribution >= 0.6 is 0 Å². The zero-order valence-electron chi connectivity index (χ0n) is 10.2. The highest BCUT2D eigenvalue weighted by atomic mass is 32.2. The fourth-order valence-corrected chi connectivity index (χ4v) is 2.61. The molecule has 0 aromatic heterocycles. The number of hydrogen-bond acceptors (Lipinski definition) is 4. The summed E-state index contributed by atoms with van der Waals surface area (Å²) < 4.78 is 39.1. The zero-order chi connectivity index (χ0) is 14.8. The summed E-state index contributed by atoms with van der Waals surface area (Å²) >= 11 is 0. The lowest BCUT2D eigenvalue weighted by Crippen LogP contribution is -2.29. The number of sulfonamides is 1. The quantitative estimate of drug-likeness (QED) is 0.708. The molecule has 0 radical (unpaired) electrons. The normalized spacial score (nSPS) is 11.2. The summed E-state index contributed by atoms with van der Waals surface area (Å²) in [6.07, 6.45) is 0. The third-order valence-corrected chi connectivity index (χ3v) is 3.98. The van der Waals surface area contributed by atoms with Crippen molar-refractivity contribution in [2.24, 2.45) is 0 Å². The van der Waals surface area contributed by atoms with E-state index in [9.17, 15) is 12.8 Å². The number of hydrogen-bond donors (Lipinski definition) is 3. The van der Waals surface area contributed by atoms with Crippen molar-refractivity contribution in [1.29, 1.82) is 0 Å². The second-order valence-corrected chi connectivity index (χ2v) is 5.74. The van der Waals surface area contributed by atoms with Crippen LogP contribution in [-0.4, -0.2) is 25.6 Å². The standard InChI is InChI=1S/C12H11BFNO4S/c14-10-3-7-12(8-4-10)20(18,19)15-11-5-1-9(2-6-11)13(16)17/h1-8,15-17H. The van der Waals surface area contributed by atoms with Gasteiger partial charge in [-0.15, -0.1) is 0 Å². The molecule has 0 heterocycles. The molecular weight excluding hydrogens is 284 g/mol. The molecule has 0 amide bonds. The van der Waals surface area contributed by atoms with Crippen molar-refractivity contribution >= 4 is 28.3 Å². The number of rotatable bonds is 4. The average molecular weight is 295 g/mol. The number of benzene rings is 2. The first-order valence-corrected chi connectivity index (χ1v) is 7.11. The molecule has 2 rings (SSSR count). The van der Waals surface area contributed by atoms with Gasteiger partial charge in [-0.2, -0.15) is 0 Å². The van der Waals surface area contributed by atoms with Gasteiger partial charge in [-0.05, 0) is 41.9 Å². The first kappa shape index (κ1) is 14.5. The fourth-order valence-electron chi connectivity index (χ4n) is 1.55. The highest BCUT2D eigenvalue weighted by Crippen LogP contribution is 2.15. The van der Waals surface area contributed by atoms with Crippen LogP contribution in [0.25, 0.3) is 0 Å². The minimum atomic E-state index is -3.80. The monoisotopic (exact) mass is 295 g/mol. The van der Waals surface area contributed by atoms with Crippen molar-refractivity contribution in [3.63, 3.8) is 0 Å². The molecule has 0 aliphatic rings. The Kier molecular flexibility index (Phi) is 4.08. The van der Waals surface area contributed by atoms with Gasteiger partial charge >= 0.3 is 7.12 Å². The molecule has 0 aliphatic heterocycles. The Morgan fingerprint density at radius 3 is 2.00 bits per heavy atom. The predicted octanol–water partition coefficient (Wildman–Crippen LogP) is 0.306. The minimum Gasteiger partial charge on any atom is -0.423 e. The molecule has 0 saturated carbocycles. The lowest BCUT2D eigenvalue weighted by molar-refractivity contribution is 0.426. The van der Waals surface area contributed by atoms with E-state index in [1.165, 1.54) is 24.3 Å². The Labute approximate surface area is 115 Å². The molecule has 104 valence electrons. The summed E-state index contributed by atoms with van der Waals surface area (Å²) in [5.41, 5.74) is 0.508. The summed E-state index contributed by atoms with van der Waals surface area (Å²) in [6, 6.07) is 9.98. The fraction of sp³-hybridized carbons (Fsp3) is 0. The Bertz CT molecular complexity index is 686. The molecule has 5 nitrogen and oxygen atoms in total. The summed E-state index contributed by atoms with van der Waals surface area (Å²) in [5.74, 6) is -0.523. The van der Waals surface area contributed by atoms with Gasteiger partial charge in [-0.3, -0.25) is 4.72 Å². The summed E-state index contributed by atoms with van der Waals surface area (Å²) in [6.45, 7) is 0. The van der Waals surface area contributed by atoms with E-state index in [-0.39, 0.29) is 16.0 Å². The number of halogens is 1. The number of nitrogens with one attached hydrogen (secondary N) is 1. The van der Waals surface area contributed by atoms with E-state index < -0.39 is 23.0 Å². The van der Waals surface area contributed by atoms with E-state index in [1.54, 1.807) is 0 Å². The largest absolute Gasteiger partial charge is 0.488 e. The SMILES string of the molecule is O=S(=O)(Nc1ccc(B(O)O)cc1)c1ccc(F)cc1. The van der Waals surface area contributed by atoms with E-state index in [0.29, 0.717) is 0 Å². The molecule has 3 N–H and O–H groups in total. The van der Waals surface area contributed by atoms with Crippen molar-refractivity contribution in [2.45, 2.75) is 4.90 Å². The molecular formula is C12H11BFNO4S. The van der Waals surface area contributed by atoms with Crippen LogP contribution in [0.15, 0.2) is 53.4 Å². The molecule has 2 aromatic rings. The van der Waals surface area contributed by atoms with E-state index in [4.69, 9.17) is 10.0 Å². The second-order valence-electron chi connectivity index (χ2n) is 4.06. The maximum Gasteiger partial charge on any atom is 0.488 e. The van der Waals surface area contributed by atoms with Crippen molar-refractivity contribution < 1.29 is 22.9 Å². The molecule has 0 fully saturated rings. The molecule has 0 atom stereocenters. The van der Waals surface area contributed by atoms with Crippen LogP contribution in [0, 0.1) is 5.82 Å². The van der Waals surface area contributed by atoms with Crippen molar-refractivity contribution in [3.8, 4) is 0 Å². The van der Waals surface area contributed by atoms with Crippen LogP contribution in [0.4, 0.5) is 10.1 Å². The van der Waals surface area contributed by atoms with Crippen LogP contribution in [0.1, 0.15) is 0 Å². The third-order valence-electron chi connectivity index (χ3n) is 2.58. The lowest BCUT2D eigenvalue weighted by atomic mass is 9.80. The van der Waals surface area contributed by atoms with Crippen molar-refractivity contribution in [2.75, 3.05) is 4.72 Å². The first-order valence-electron chi connectivity index (χ1n) is 5.63. The Hall–Kier alpha value is -1.90. The van der Waals surface area contributed by atoms with Gasteiger partial charge in [0.1, 0.15) is 5.82 Å². The van der Waals surface area contributed by atoms with E-state index in [1.807, 2.05) is 0 Å². The maximum absolute atomic E-state index is 12.8. The van der Waals surface area contributed by atoms with Crippen LogP contribution in [0.5, 0.6) is 0 Å². The van der Waals surface area contributed by atoms with E-state index >= 15 is 0 Å². The zero-order valence-corrected chi connectivity index (χ0v) is 11.0.